The van der Waals surface area contributed by atoms with Crippen molar-refractivity contribution in [2.24, 2.45) is 5.41 Å². The molecular formula is C15H20Cl2N2O. The molecule has 0 atom stereocenters. The number of carbonyl (C=O) groups is 1. The highest BCUT2D eigenvalue weighted by Crippen LogP contribution is 2.38. The van der Waals surface area contributed by atoms with Crippen LogP contribution in [-0.2, 0) is 0 Å². The van der Waals surface area contributed by atoms with Crippen LogP contribution < -0.4 is 0 Å². The van der Waals surface area contributed by atoms with Crippen molar-refractivity contribution in [1.29, 1.82) is 0 Å². The zero-order valence-corrected chi connectivity index (χ0v) is 13.5. The number of pyridine rings is 1. The summed E-state index contributed by atoms with van der Waals surface area (Å²) in [4.78, 5) is 18.3. The van der Waals surface area contributed by atoms with E-state index >= 15 is 0 Å². The topological polar surface area (TPSA) is 33.2 Å². The first-order chi connectivity index (χ1) is 9.41. The van der Waals surface area contributed by atoms with E-state index in [-0.39, 0.29) is 5.78 Å². The molecule has 0 aliphatic heterocycles. The molecule has 2 rings (SSSR count). The Balaban J connectivity index is 2.00. The Bertz CT molecular complexity index is 478. The van der Waals surface area contributed by atoms with Crippen LogP contribution in [0.4, 0.5) is 0 Å². The van der Waals surface area contributed by atoms with Crippen molar-refractivity contribution in [1.82, 2.24) is 9.88 Å². The zero-order valence-electron chi connectivity index (χ0n) is 12.0. The third-order valence-electron chi connectivity index (χ3n) is 4.01. The van der Waals surface area contributed by atoms with Crippen molar-refractivity contribution >= 4 is 29.0 Å². The van der Waals surface area contributed by atoms with E-state index in [1.807, 2.05) is 7.05 Å². The lowest BCUT2D eigenvalue weighted by Crippen LogP contribution is -2.35. The van der Waals surface area contributed by atoms with Gasteiger partial charge in [0.05, 0.1) is 22.2 Å². The second kappa shape index (κ2) is 6.42. The minimum Gasteiger partial charge on any atom is -0.298 e. The predicted octanol–water partition coefficient (Wildman–Crippen LogP) is 4.08. The van der Waals surface area contributed by atoms with Gasteiger partial charge in [-0.15, -0.1) is 0 Å². The number of ketones is 1. The van der Waals surface area contributed by atoms with Gasteiger partial charge in [0.1, 0.15) is 0 Å². The lowest BCUT2D eigenvalue weighted by molar-refractivity contribution is 0.0917. The molecule has 20 heavy (non-hydrogen) atoms. The smallest absolute Gasteiger partial charge is 0.179 e. The van der Waals surface area contributed by atoms with Crippen LogP contribution >= 0.6 is 23.2 Å². The minimum absolute atomic E-state index is 0.0495. The van der Waals surface area contributed by atoms with Crippen LogP contribution in [0.2, 0.25) is 10.0 Å². The molecule has 0 amide bonds. The van der Waals surface area contributed by atoms with Crippen LogP contribution in [0, 0.1) is 5.41 Å². The van der Waals surface area contributed by atoms with Crippen molar-refractivity contribution in [2.75, 3.05) is 20.1 Å². The third-order valence-corrected chi connectivity index (χ3v) is 4.58. The summed E-state index contributed by atoms with van der Waals surface area (Å²) >= 11 is 12.0. The normalized spacial score (nSPS) is 17.6. The van der Waals surface area contributed by atoms with E-state index in [1.165, 1.54) is 38.1 Å². The van der Waals surface area contributed by atoms with Crippen LogP contribution in [0.5, 0.6) is 0 Å². The van der Waals surface area contributed by atoms with Gasteiger partial charge < -0.3 is 0 Å². The molecule has 0 bridgehead atoms. The Labute approximate surface area is 130 Å². The van der Waals surface area contributed by atoms with Gasteiger partial charge in [0.15, 0.2) is 5.78 Å². The van der Waals surface area contributed by atoms with Gasteiger partial charge in [-0.2, -0.15) is 0 Å². The second-order valence-corrected chi connectivity index (χ2v) is 6.91. The van der Waals surface area contributed by atoms with Crippen molar-refractivity contribution in [2.45, 2.75) is 32.6 Å². The maximum absolute atomic E-state index is 12.3. The molecule has 1 fully saturated rings. The summed E-state index contributed by atoms with van der Waals surface area (Å²) in [7, 11) is 1.98. The Morgan fingerprint density at radius 3 is 2.40 bits per heavy atom. The molecule has 1 aliphatic rings. The highest BCUT2D eigenvalue weighted by atomic mass is 35.5. The van der Waals surface area contributed by atoms with E-state index in [1.54, 1.807) is 0 Å². The summed E-state index contributed by atoms with van der Waals surface area (Å²) in [6, 6.07) is 0. The summed E-state index contributed by atoms with van der Waals surface area (Å²) in [5.41, 5.74) is 0.715. The van der Waals surface area contributed by atoms with E-state index in [9.17, 15) is 4.79 Å². The molecule has 1 aliphatic carbocycles. The monoisotopic (exact) mass is 314 g/mol. The van der Waals surface area contributed by atoms with Crippen LogP contribution in [0.15, 0.2) is 12.4 Å². The summed E-state index contributed by atoms with van der Waals surface area (Å²) in [5, 5.41) is 0.644. The van der Waals surface area contributed by atoms with Gasteiger partial charge in [-0.1, -0.05) is 43.0 Å². The van der Waals surface area contributed by atoms with Gasteiger partial charge in [0, 0.05) is 18.9 Å². The van der Waals surface area contributed by atoms with E-state index in [0.717, 1.165) is 6.54 Å². The highest BCUT2D eigenvalue weighted by Gasteiger charge is 2.30. The standard InChI is InChI=1S/C15H20Cl2N2O/c1-15(5-3-4-6-15)10-19(2)9-13(20)14-11(16)7-18-8-12(14)17/h7-8H,3-6,9-10H2,1-2H3. The van der Waals surface area contributed by atoms with Crippen LogP contribution in [0.25, 0.3) is 0 Å². The molecule has 0 aromatic carbocycles. The molecule has 1 heterocycles. The average Bonchev–Trinajstić information content (AvgIpc) is 2.74. The summed E-state index contributed by atoms with van der Waals surface area (Å²) in [6.07, 6.45) is 7.98. The fourth-order valence-corrected chi connectivity index (χ4v) is 3.67. The highest BCUT2D eigenvalue weighted by molar-refractivity contribution is 6.39. The minimum atomic E-state index is -0.0495. The molecule has 5 heteroatoms. The van der Waals surface area contributed by atoms with Crippen molar-refractivity contribution in [3.05, 3.63) is 28.0 Å². The van der Waals surface area contributed by atoms with E-state index in [0.29, 0.717) is 27.6 Å². The number of Topliss-reactive ketones (excluding diaryl/α,β-unsaturated/α-hetero) is 1. The number of hydrogen-bond donors (Lipinski definition) is 0. The number of nitrogens with zero attached hydrogens (tertiary/aromatic N) is 2. The van der Waals surface area contributed by atoms with Gasteiger partial charge >= 0.3 is 0 Å². The van der Waals surface area contributed by atoms with Crippen LogP contribution in [0.3, 0.4) is 0 Å². The van der Waals surface area contributed by atoms with Crippen molar-refractivity contribution in [3.8, 4) is 0 Å². The molecule has 0 saturated heterocycles. The summed E-state index contributed by atoms with van der Waals surface area (Å²) in [5.74, 6) is -0.0495. The first-order valence-electron chi connectivity index (χ1n) is 6.92. The molecule has 3 nitrogen and oxygen atoms in total. The number of likely N-dealkylation sites (N-methyl/N-ethyl adjacent to an activating group) is 1. The number of aromatic nitrogens is 1. The fourth-order valence-electron chi connectivity index (χ4n) is 3.10. The van der Waals surface area contributed by atoms with Gasteiger partial charge in [-0.3, -0.25) is 14.7 Å². The molecule has 1 aromatic rings. The van der Waals surface area contributed by atoms with Gasteiger partial charge in [0.2, 0.25) is 0 Å². The van der Waals surface area contributed by atoms with Crippen molar-refractivity contribution < 1.29 is 4.79 Å². The average molecular weight is 315 g/mol. The number of rotatable bonds is 5. The molecule has 0 unspecified atom stereocenters. The second-order valence-electron chi connectivity index (χ2n) is 6.09. The SMILES string of the molecule is CN(CC(=O)c1c(Cl)cncc1Cl)CC1(C)CCCC1. The molecule has 1 saturated carbocycles. The summed E-state index contributed by atoms with van der Waals surface area (Å²) in [6.45, 7) is 3.56. The molecule has 0 radical (unpaired) electrons. The van der Waals surface area contributed by atoms with Gasteiger partial charge in [-0.25, -0.2) is 0 Å². The van der Waals surface area contributed by atoms with Crippen LogP contribution in [-0.4, -0.2) is 35.8 Å². The summed E-state index contributed by atoms with van der Waals surface area (Å²) < 4.78 is 0. The number of hydrogen-bond acceptors (Lipinski definition) is 3. The third kappa shape index (κ3) is 3.72. The van der Waals surface area contributed by atoms with Crippen LogP contribution in [0.1, 0.15) is 43.0 Å². The lowest BCUT2D eigenvalue weighted by Gasteiger charge is -2.29. The maximum atomic E-state index is 12.3. The Kier molecular flexibility index (Phi) is 5.05. The Morgan fingerprint density at radius 2 is 1.85 bits per heavy atom. The zero-order chi connectivity index (χ0) is 14.8. The first kappa shape index (κ1) is 15.7. The van der Waals surface area contributed by atoms with Gasteiger partial charge in [0.25, 0.3) is 0 Å². The predicted molar refractivity (Wildman–Crippen MR) is 82.7 cm³/mol. The Hall–Kier alpha value is -0.640. The van der Waals surface area contributed by atoms with E-state index in [4.69, 9.17) is 23.2 Å². The number of carbonyl (C=O) groups excluding carboxylic acids is 1. The molecule has 110 valence electrons. The van der Waals surface area contributed by atoms with E-state index < -0.39 is 0 Å². The molecular weight excluding hydrogens is 295 g/mol. The number of halogens is 2. The lowest BCUT2D eigenvalue weighted by atomic mass is 9.88. The van der Waals surface area contributed by atoms with Crippen molar-refractivity contribution in [3.63, 3.8) is 0 Å². The largest absolute Gasteiger partial charge is 0.298 e. The molecule has 1 aromatic heterocycles. The van der Waals surface area contributed by atoms with Gasteiger partial charge in [-0.05, 0) is 25.3 Å². The van der Waals surface area contributed by atoms with E-state index in [2.05, 4.69) is 16.8 Å². The molecule has 0 N–H and O–H groups in total. The first-order valence-corrected chi connectivity index (χ1v) is 7.68. The fraction of sp³-hybridized carbons (Fsp3) is 0.600. The maximum Gasteiger partial charge on any atom is 0.179 e. The molecule has 0 spiro atoms. The quantitative estimate of drug-likeness (QED) is 0.768. The Morgan fingerprint density at radius 1 is 1.30 bits per heavy atom.